The zero-order chi connectivity index (χ0) is 14.5. The van der Waals surface area contributed by atoms with Gasteiger partial charge in [0.2, 0.25) is 0 Å². The molecule has 0 bridgehead atoms. The molecule has 0 radical (unpaired) electrons. The maximum atomic E-state index is 11.3. The molecule has 4 heteroatoms. The highest BCUT2D eigenvalue weighted by atomic mass is 16.5. The smallest absolute Gasteiger partial charge is 0.136 e. The van der Waals surface area contributed by atoms with Crippen LogP contribution in [0.25, 0.3) is 0 Å². The van der Waals surface area contributed by atoms with Gasteiger partial charge in [-0.2, -0.15) is 5.26 Å². The van der Waals surface area contributed by atoms with Crippen molar-refractivity contribution in [1.29, 1.82) is 5.26 Å². The highest BCUT2D eigenvalue weighted by Crippen LogP contribution is 2.25. The number of hydrogen-bond acceptors (Lipinski definition) is 4. The van der Waals surface area contributed by atoms with E-state index in [1.54, 1.807) is 14.0 Å². The van der Waals surface area contributed by atoms with E-state index in [9.17, 15) is 4.79 Å². The van der Waals surface area contributed by atoms with Gasteiger partial charge in [-0.1, -0.05) is 6.07 Å². The average Bonchev–Trinajstić information content (AvgIpc) is 2.85. The predicted octanol–water partition coefficient (Wildman–Crippen LogP) is 2.51. The van der Waals surface area contributed by atoms with Crippen molar-refractivity contribution in [3.63, 3.8) is 0 Å². The lowest BCUT2D eigenvalue weighted by atomic mass is 10.1. The topological polar surface area (TPSA) is 53.3 Å². The van der Waals surface area contributed by atoms with Crippen molar-refractivity contribution in [3.05, 3.63) is 29.3 Å². The molecule has 20 heavy (non-hydrogen) atoms. The van der Waals surface area contributed by atoms with Crippen molar-refractivity contribution in [3.8, 4) is 11.8 Å². The number of rotatable bonds is 5. The molecule has 1 atom stereocenters. The van der Waals surface area contributed by atoms with Crippen molar-refractivity contribution < 1.29 is 9.53 Å². The molecule has 0 aromatic heterocycles. The van der Waals surface area contributed by atoms with Crippen molar-refractivity contribution in [2.75, 3.05) is 13.7 Å². The molecule has 0 amide bonds. The molecule has 2 rings (SSSR count). The minimum Gasteiger partial charge on any atom is -0.495 e. The summed E-state index contributed by atoms with van der Waals surface area (Å²) in [6.45, 7) is 3.46. The maximum Gasteiger partial charge on any atom is 0.136 e. The van der Waals surface area contributed by atoms with Gasteiger partial charge in [-0.25, -0.2) is 0 Å². The summed E-state index contributed by atoms with van der Waals surface area (Å²) in [5.41, 5.74) is 1.66. The van der Waals surface area contributed by atoms with Crippen LogP contribution in [0.3, 0.4) is 0 Å². The average molecular weight is 272 g/mol. The Bertz CT molecular complexity index is 534. The number of carbonyl (C=O) groups excluding carboxylic acids is 1. The molecule has 1 aliphatic rings. The van der Waals surface area contributed by atoms with Gasteiger partial charge >= 0.3 is 0 Å². The number of likely N-dealkylation sites (tertiary alicyclic amines) is 1. The molecule has 1 unspecified atom stereocenters. The van der Waals surface area contributed by atoms with Crippen LogP contribution in [0, 0.1) is 11.3 Å². The van der Waals surface area contributed by atoms with E-state index >= 15 is 0 Å². The molecule has 0 saturated carbocycles. The molecular formula is C16H20N2O2. The molecule has 0 N–H and O–H groups in total. The summed E-state index contributed by atoms with van der Waals surface area (Å²) in [7, 11) is 1.57. The van der Waals surface area contributed by atoms with Crippen LogP contribution in [0.4, 0.5) is 0 Å². The fraction of sp³-hybridized carbons (Fsp3) is 0.500. The lowest BCUT2D eigenvalue weighted by Gasteiger charge is -2.23. The molecular weight excluding hydrogens is 252 g/mol. The summed E-state index contributed by atoms with van der Waals surface area (Å²) < 4.78 is 5.15. The number of hydrogen-bond donors (Lipinski definition) is 0. The Hall–Kier alpha value is -1.86. The van der Waals surface area contributed by atoms with E-state index < -0.39 is 0 Å². The lowest BCUT2D eigenvalue weighted by molar-refractivity contribution is -0.118. The van der Waals surface area contributed by atoms with Crippen molar-refractivity contribution >= 4 is 5.78 Å². The molecule has 4 nitrogen and oxygen atoms in total. The first kappa shape index (κ1) is 14.5. The van der Waals surface area contributed by atoms with Gasteiger partial charge in [0.15, 0.2) is 0 Å². The van der Waals surface area contributed by atoms with Gasteiger partial charge in [-0.05, 0) is 44.0 Å². The number of ether oxygens (including phenoxy) is 1. The number of Topliss-reactive ketones (excluding diaryl/α,β-unsaturated/α-hetero) is 1. The maximum absolute atomic E-state index is 11.3. The van der Waals surface area contributed by atoms with Crippen LogP contribution in [-0.4, -0.2) is 30.4 Å². The van der Waals surface area contributed by atoms with E-state index in [4.69, 9.17) is 10.00 Å². The molecule has 1 heterocycles. The predicted molar refractivity (Wildman–Crippen MR) is 76.4 cm³/mol. The van der Waals surface area contributed by atoms with Gasteiger partial charge in [0.1, 0.15) is 17.6 Å². The number of methoxy groups -OCH3 is 1. The first-order valence-corrected chi connectivity index (χ1v) is 6.94. The Morgan fingerprint density at radius 3 is 3.00 bits per heavy atom. The molecule has 1 fully saturated rings. The number of carbonyl (C=O) groups is 1. The van der Waals surface area contributed by atoms with E-state index in [0.717, 1.165) is 31.5 Å². The third-order valence-corrected chi connectivity index (χ3v) is 3.79. The van der Waals surface area contributed by atoms with Crippen LogP contribution < -0.4 is 4.74 Å². The Morgan fingerprint density at radius 1 is 1.55 bits per heavy atom. The van der Waals surface area contributed by atoms with Gasteiger partial charge in [0.05, 0.1) is 12.7 Å². The second kappa shape index (κ2) is 6.53. The molecule has 1 aromatic carbocycles. The molecule has 0 spiro atoms. The summed E-state index contributed by atoms with van der Waals surface area (Å²) in [6, 6.07) is 8.21. The van der Waals surface area contributed by atoms with E-state index in [2.05, 4.69) is 11.0 Å². The van der Waals surface area contributed by atoms with E-state index in [1.807, 2.05) is 18.2 Å². The number of benzene rings is 1. The zero-order valence-corrected chi connectivity index (χ0v) is 12.1. The van der Waals surface area contributed by atoms with Crippen LogP contribution in [0.2, 0.25) is 0 Å². The third-order valence-electron chi connectivity index (χ3n) is 3.79. The van der Waals surface area contributed by atoms with E-state index in [1.165, 1.54) is 0 Å². The quantitative estimate of drug-likeness (QED) is 0.826. The van der Waals surface area contributed by atoms with Gasteiger partial charge in [0.25, 0.3) is 0 Å². The zero-order valence-electron chi connectivity index (χ0n) is 12.1. The standard InChI is InChI=1S/C16H20N2O2/c1-12(19)8-15-4-3-7-18(15)11-13-5-6-16(20-2)14(9-13)10-17/h5-6,9,15H,3-4,7-8,11H2,1-2H3. The number of nitriles is 1. The molecule has 1 aliphatic heterocycles. The van der Waals surface area contributed by atoms with Crippen LogP contribution in [-0.2, 0) is 11.3 Å². The normalized spacial score (nSPS) is 18.8. The molecule has 0 aliphatic carbocycles. The van der Waals surface area contributed by atoms with E-state index in [-0.39, 0.29) is 5.78 Å². The van der Waals surface area contributed by atoms with Crippen molar-refractivity contribution in [2.45, 2.75) is 38.8 Å². The van der Waals surface area contributed by atoms with Gasteiger partial charge < -0.3 is 4.74 Å². The summed E-state index contributed by atoms with van der Waals surface area (Å²) in [4.78, 5) is 13.6. The van der Waals surface area contributed by atoms with Crippen LogP contribution >= 0.6 is 0 Å². The van der Waals surface area contributed by atoms with Crippen LogP contribution in [0.5, 0.6) is 5.75 Å². The highest BCUT2D eigenvalue weighted by Gasteiger charge is 2.25. The lowest BCUT2D eigenvalue weighted by Crippen LogP contribution is -2.30. The minimum absolute atomic E-state index is 0.245. The number of nitrogens with zero attached hydrogens (tertiary/aromatic N) is 2. The summed E-state index contributed by atoms with van der Waals surface area (Å²) in [5, 5.41) is 9.12. The Balaban J connectivity index is 2.09. The van der Waals surface area contributed by atoms with Crippen LogP contribution in [0.1, 0.15) is 37.3 Å². The summed E-state index contributed by atoms with van der Waals surface area (Å²) in [5.74, 6) is 0.854. The van der Waals surface area contributed by atoms with E-state index in [0.29, 0.717) is 23.8 Å². The first-order chi connectivity index (χ1) is 9.63. The second-order valence-electron chi connectivity index (χ2n) is 5.32. The summed E-state index contributed by atoms with van der Waals surface area (Å²) >= 11 is 0. The SMILES string of the molecule is COc1ccc(CN2CCCC2CC(C)=O)cc1C#N. The highest BCUT2D eigenvalue weighted by molar-refractivity contribution is 5.76. The summed E-state index contributed by atoms with van der Waals surface area (Å²) in [6.07, 6.45) is 2.85. The Labute approximate surface area is 120 Å². The first-order valence-electron chi connectivity index (χ1n) is 6.94. The molecule has 106 valence electrons. The second-order valence-corrected chi connectivity index (χ2v) is 5.32. The van der Waals surface area contributed by atoms with Gasteiger partial charge in [0, 0.05) is 19.0 Å². The fourth-order valence-corrected chi connectivity index (χ4v) is 2.84. The Morgan fingerprint density at radius 2 is 2.35 bits per heavy atom. The van der Waals surface area contributed by atoms with Crippen molar-refractivity contribution in [2.24, 2.45) is 0 Å². The van der Waals surface area contributed by atoms with Crippen molar-refractivity contribution in [1.82, 2.24) is 4.90 Å². The van der Waals surface area contributed by atoms with Gasteiger partial charge in [-0.15, -0.1) is 0 Å². The third kappa shape index (κ3) is 3.37. The molecule has 1 saturated heterocycles. The number of ketones is 1. The minimum atomic E-state index is 0.245. The molecule has 1 aromatic rings. The Kier molecular flexibility index (Phi) is 4.75. The largest absolute Gasteiger partial charge is 0.495 e. The van der Waals surface area contributed by atoms with Gasteiger partial charge in [-0.3, -0.25) is 9.69 Å². The monoisotopic (exact) mass is 272 g/mol. The van der Waals surface area contributed by atoms with Crippen LogP contribution in [0.15, 0.2) is 18.2 Å². The fourth-order valence-electron chi connectivity index (χ4n) is 2.84.